The first-order chi connectivity index (χ1) is 15.6. The van der Waals surface area contributed by atoms with Crippen molar-refractivity contribution in [2.75, 3.05) is 6.61 Å². The van der Waals surface area contributed by atoms with Crippen LogP contribution in [0.15, 0.2) is 90.2 Å². The van der Waals surface area contributed by atoms with Crippen LogP contribution in [0, 0.1) is 6.92 Å². The molecule has 0 saturated heterocycles. The van der Waals surface area contributed by atoms with Gasteiger partial charge in [0.15, 0.2) is 6.61 Å². The number of aryl methyl sites for hydroxylation is 1. The first-order valence-electron chi connectivity index (χ1n) is 10.0. The molecule has 0 bridgehead atoms. The lowest BCUT2D eigenvalue weighted by molar-refractivity contribution is -0.123. The highest BCUT2D eigenvalue weighted by molar-refractivity contribution is 6.32. The lowest BCUT2D eigenvalue weighted by atomic mass is 10.1. The SMILES string of the molecule is Cc1cccc(-c2nn(-c3ccccc3)cc2/C=N\NC(=O)COc2ccccc2Cl)c1. The van der Waals surface area contributed by atoms with Gasteiger partial charge in [-0.2, -0.15) is 10.2 Å². The van der Waals surface area contributed by atoms with Gasteiger partial charge in [-0.3, -0.25) is 4.79 Å². The van der Waals surface area contributed by atoms with E-state index in [1.807, 2.05) is 61.7 Å². The van der Waals surface area contributed by atoms with Gasteiger partial charge in [0.1, 0.15) is 11.4 Å². The van der Waals surface area contributed by atoms with E-state index in [1.165, 1.54) is 0 Å². The van der Waals surface area contributed by atoms with Crippen molar-refractivity contribution in [1.29, 1.82) is 0 Å². The van der Waals surface area contributed by atoms with E-state index in [4.69, 9.17) is 21.4 Å². The van der Waals surface area contributed by atoms with E-state index in [1.54, 1.807) is 35.2 Å². The average molecular weight is 445 g/mol. The number of amides is 1. The van der Waals surface area contributed by atoms with Gasteiger partial charge in [-0.1, -0.05) is 65.7 Å². The van der Waals surface area contributed by atoms with E-state index in [-0.39, 0.29) is 6.61 Å². The Morgan fingerprint density at radius 2 is 1.88 bits per heavy atom. The fourth-order valence-electron chi connectivity index (χ4n) is 3.12. The molecule has 0 unspecified atom stereocenters. The van der Waals surface area contributed by atoms with Crippen LogP contribution >= 0.6 is 11.6 Å². The second-order valence-electron chi connectivity index (χ2n) is 7.09. The molecule has 1 N–H and O–H groups in total. The third kappa shape index (κ3) is 5.22. The Kier molecular flexibility index (Phi) is 6.63. The zero-order valence-corrected chi connectivity index (χ0v) is 18.2. The van der Waals surface area contributed by atoms with E-state index in [9.17, 15) is 4.79 Å². The number of rotatable bonds is 7. The van der Waals surface area contributed by atoms with Crippen LogP contribution in [0.3, 0.4) is 0 Å². The Balaban J connectivity index is 1.51. The number of halogens is 1. The Hall–Kier alpha value is -3.90. The molecule has 4 aromatic rings. The molecule has 32 heavy (non-hydrogen) atoms. The zero-order chi connectivity index (χ0) is 22.3. The highest BCUT2D eigenvalue weighted by Gasteiger charge is 2.12. The molecule has 160 valence electrons. The number of nitrogens with zero attached hydrogens (tertiary/aromatic N) is 3. The predicted molar refractivity (Wildman–Crippen MR) is 126 cm³/mol. The van der Waals surface area contributed by atoms with Crippen molar-refractivity contribution in [2.45, 2.75) is 6.92 Å². The van der Waals surface area contributed by atoms with Gasteiger partial charge in [0.25, 0.3) is 5.91 Å². The molecule has 1 heterocycles. The Morgan fingerprint density at radius 1 is 1.09 bits per heavy atom. The van der Waals surface area contributed by atoms with E-state index in [2.05, 4.69) is 16.6 Å². The molecule has 1 aromatic heterocycles. The molecular weight excluding hydrogens is 424 g/mol. The van der Waals surface area contributed by atoms with Gasteiger partial charge in [0.05, 0.1) is 16.9 Å². The van der Waals surface area contributed by atoms with Crippen LogP contribution in [0.1, 0.15) is 11.1 Å². The van der Waals surface area contributed by atoms with Crippen LogP contribution < -0.4 is 10.2 Å². The van der Waals surface area contributed by atoms with Crippen LogP contribution in [-0.4, -0.2) is 28.5 Å². The van der Waals surface area contributed by atoms with Gasteiger partial charge < -0.3 is 4.74 Å². The van der Waals surface area contributed by atoms with E-state index in [0.717, 1.165) is 28.1 Å². The number of ether oxygens (including phenoxy) is 1. The minimum absolute atomic E-state index is 0.199. The number of carbonyl (C=O) groups is 1. The van der Waals surface area contributed by atoms with Gasteiger partial charge in [-0.25, -0.2) is 10.1 Å². The summed E-state index contributed by atoms with van der Waals surface area (Å²) in [6, 6.07) is 24.9. The van der Waals surface area contributed by atoms with Crippen molar-refractivity contribution in [3.63, 3.8) is 0 Å². The molecule has 7 heteroatoms. The molecule has 0 saturated carbocycles. The zero-order valence-electron chi connectivity index (χ0n) is 17.4. The van der Waals surface area contributed by atoms with Gasteiger partial charge in [0.2, 0.25) is 0 Å². The predicted octanol–water partition coefficient (Wildman–Crippen LogP) is 5.03. The standard InChI is InChI=1S/C25H21ClN4O2/c1-18-8-7-9-19(14-18)25-20(16-30(29-25)21-10-3-2-4-11-21)15-27-28-24(31)17-32-23-13-6-5-12-22(23)26/h2-16H,17H2,1H3,(H,28,31)/b27-15-. The summed E-state index contributed by atoms with van der Waals surface area (Å²) in [5.74, 6) is 0.0490. The summed E-state index contributed by atoms with van der Waals surface area (Å²) >= 11 is 6.04. The molecule has 0 spiro atoms. The molecular formula is C25H21ClN4O2. The summed E-state index contributed by atoms with van der Waals surface area (Å²) in [6.45, 7) is 1.83. The summed E-state index contributed by atoms with van der Waals surface area (Å²) in [7, 11) is 0. The molecule has 0 aliphatic rings. The summed E-state index contributed by atoms with van der Waals surface area (Å²) in [5, 5.41) is 9.29. The molecule has 0 atom stereocenters. The van der Waals surface area contributed by atoms with Crippen LogP contribution in [0.25, 0.3) is 16.9 Å². The van der Waals surface area contributed by atoms with Crippen molar-refractivity contribution in [3.05, 3.63) is 101 Å². The number of hydrazone groups is 1. The average Bonchev–Trinajstić information content (AvgIpc) is 3.23. The highest BCUT2D eigenvalue weighted by atomic mass is 35.5. The Bertz CT molecular complexity index is 1250. The van der Waals surface area contributed by atoms with Gasteiger partial charge >= 0.3 is 0 Å². The highest BCUT2D eigenvalue weighted by Crippen LogP contribution is 2.24. The van der Waals surface area contributed by atoms with Crippen molar-refractivity contribution in [1.82, 2.24) is 15.2 Å². The minimum Gasteiger partial charge on any atom is -0.482 e. The number of hydrogen-bond donors (Lipinski definition) is 1. The normalized spacial score (nSPS) is 10.9. The second kappa shape index (κ2) is 9.94. The third-order valence-corrected chi connectivity index (χ3v) is 4.96. The van der Waals surface area contributed by atoms with Crippen LogP contribution in [-0.2, 0) is 4.79 Å². The lowest BCUT2D eigenvalue weighted by Crippen LogP contribution is -2.24. The fourth-order valence-corrected chi connectivity index (χ4v) is 3.31. The largest absolute Gasteiger partial charge is 0.482 e. The molecule has 0 aliphatic carbocycles. The minimum atomic E-state index is -0.395. The summed E-state index contributed by atoms with van der Waals surface area (Å²) in [6.07, 6.45) is 3.46. The van der Waals surface area contributed by atoms with Crippen LogP contribution in [0.2, 0.25) is 5.02 Å². The molecule has 0 fully saturated rings. The number of carbonyl (C=O) groups excluding carboxylic acids is 1. The number of aromatic nitrogens is 2. The van der Waals surface area contributed by atoms with E-state index < -0.39 is 5.91 Å². The Morgan fingerprint density at radius 3 is 2.66 bits per heavy atom. The molecule has 0 aliphatic heterocycles. The van der Waals surface area contributed by atoms with Gasteiger partial charge in [0, 0.05) is 17.3 Å². The number of hydrogen-bond acceptors (Lipinski definition) is 4. The summed E-state index contributed by atoms with van der Waals surface area (Å²) < 4.78 is 7.23. The molecule has 0 radical (unpaired) electrons. The van der Waals surface area contributed by atoms with Crippen LogP contribution in [0.5, 0.6) is 5.75 Å². The van der Waals surface area contributed by atoms with E-state index >= 15 is 0 Å². The summed E-state index contributed by atoms with van der Waals surface area (Å²) in [5.41, 5.74) is 7.05. The number of benzene rings is 3. The maximum Gasteiger partial charge on any atom is 0.277 e. The molecule has 6 nitrogen and oxygen atoms in total. The maximum atomic E-state index is 12.1. The smallest absolute Gasteiger partial charge is 0.277 e. The quantitative estimate of drug-likeness (QED) is 0.321. The van der Waals surface area contributed by atoms with Crippen molar-refractivity contribution < 1.29 is 9.53 Å². The fraction of sp³-hybridized carbons (Fsp3) is 0.0800. The van der Waals surface area contributed by atoms with Crippen molar-refractivity contribution in [2.24, 2.45) is 5.10 Å². The second-order valence-corrected chi connectivity index (χ2v) is 7.50. The number of para-hydroxylation sites is 2. The van der Waals surface area contributed by atoms with Crippen molar-refractivity contribution in [3.8, 4) is 22.7 Å². The molecule has 1 amide bonds. The van der Waals surface area contributed by atoms with Gasteiger partial charge in [-0.15, -0.1) is 0 Å². The van der Waals surface area contributed by atoms with E-state index in [0.29, 0.717) is 10.8 Å². The third-order valence-electron chi connectivity index (χ3n) is 4.64. The van der Waals surface area contributed by atoms with Crippen molar-refractivity contribution >= 4 is 23.7 Å². The maximum absolute atomic E-state index is 12.1. The monoisotopic (exact) mass is 444 g/mol. The Labute approximate surface area is 191 Å². The first kappa shape index (κ1) is 21.3. The summed E-state index contributed by atoms with van der Waals surface area (Å²) in [4.78, 5) is 12.1. The lowest BCUT2D eigenvalue weighted by Gasteiger charge is -2.06. The molecule has 4 rings (SSSR count). The molecule has 3 aromatic carbocycles. The topological polar surface area (TPSA) is 68.5 Å². The van der Waals surface area contributed by atoms with Gasteiger partial charge in [-0.05, 0) is 37.3 Å². The van der Waals surface area contributed by atoms with Crippen LogP contribution in [0.4, 0.5) is 0 Å². The number of nitrogens with one attached hydrogen (secondary N) is 1. The first-order valence-corrected chi connectivity index (χ1v) is 10.4.